The lowest BCUT2D eigenvalue weighted by Crippen LogP contribution is -2.45. The fourth-order valence-corrected chi connectivity index (χ4v) is 5.23. The number of aliphatic imine (C=N–C) groups is 1. The minimum absolute atomic E-state index is 0.290. The van der Waals surface area contributed by atoms with Crippen molar-refractivity contribution in [2.75, 3.05) is 32.4 Å². The molecule has 0 spiro atoms. The van der Waals surface area contributed by atoms with Gasteiger partial charge in [-0.1, -0.05) is 32.1 Å². The molecule has 2 aliphatic rings. The number of nitrogens with one attached hydrogen (secondary N) is 2. The topological polar surface area (TPSA) is 73.8 Å². The molecule has 1 saturated heterocycles. The van der Waals surface area contributed by atoms with E-state index < -0.39 is 10.0 Å². The highest BCUT2D eigenvalue weighted by molar-refractivity contribution is 7.89. The Morgan fingerprint density at radius 1 is 1.25 bits per heavy atom. The van der Waals surface area contributed by atoms with Gasteiger partial charge in [0.25, 0.3) is 0 Å². The Kier molecular flexibility index (Phi) is 7.81. The highest BCUT2D eigenvalue weighted by atomic mass is 32.2. The first-order valence-corrected chi connectivity index (χ1v) is 11.1. The molecule has 0 amide bonds. The minimum Gasteiger partial charge on any atom is -0.355 e. The number of nitrogens with zero attached hydrogens (tertiary/aromatic N) is 2. The largest absolute Gasteiger partial charge is 0.355 e. The molecular weight excluding hydrogens is 324 g/mol. The van der Waals surface area contributed by atoms with Crippen molar-refractivity contribution in [3.05, 3.63) is 0 Å². The van der Waals surface area contributed by atoms with E-state index in [9.17, 15) is 8.42 Å². The van der Waals surface area contributed by atoms with Gasteiger partial charge >= 0.3 is 0 Å². The second kappa shape index (κ2) is 9.61. The number of hydrogen-bond acceptors (Lipinski definition) is 3. The standard InChI is InChI=1S/C17H34N4O2S/c1-15(9-10-16-7-4-3-5-8-16)20-17(18-2)19-11-13-21-12-6-14-24(21,22)23/h15-16H,3-14H2,1-2H3,(H2,18,19,20). The lowest BCUT2D eigenvalue weighted by molar-refractivity contribution is 0.322. The van der Waals surface area contributed by atoms with Crippen LogP contribution in [0.25, 0.3) is 0 Å². The van der Waals surface area contributed by atoms with Crippen molar-refractivity contribution in [2.24, 2.45) is 10.9 Å². The molecule has 2 rings (SSSR count). The molecular formula is C17H34N4O2S. The highest BCUT2D eigenvalue weighted by Crippen LogP contribution is 2.27. The number of guanidine groups is 1. The fourth-order valence-electron chi connectivity index (χ4n) is 3.70. The summed E-state index contributed by atoms with van der Waals surface area (Å²) >= 11 is 0. The molecule has 7 heteroatoms. The maximum absolute atomic E-state index is 11.8. The SMILES string of the molecule is CN=C(NCCN1CCCS1(=O)=O)NC(C)CCC1CCCCC1. The van der Waals surface area contributed by atoms with Gasteiger partial charge < -0.3 is 10.6 Å². The van der Waals surface area contributed by atoms with Crippen LogP contribution in [0.4, 0.5) is 0 Å². The van der Waals surface area contributed by atoms with Crippen LogP contribution in [0.15, 0.2) is 4.99 Å². The van der Waals surface area contributed by atoms with Gasteiger partial charge in [-0.25, -0.2) is 12.7 Å². The molecule has 0 aromatic rings. The first-order chi connectivity index (χ1) is 11.5. The van der Waals surface area contributed by atoms with E-state index >= 15 is 0 Å². The molecule has 1 unspecified atom stereocenters. The van der Waals surface area contributed by atoms with Crippen LogP contribution >= 0.6 is 0 Å². The van der Waals surface area contributed by atoms with Crippen LogP contribution in [-0.4, -0.2) is 57.2 Å². The monoisotopic (exact) mass is 358 g/mol. The third-order valence-corrected chi connectivity index (χ3v) is 7.15. The van der Waals surface area contributed by atoms with Gasteiger partial charge in [0.1, 0.15) is 0 Å². The van der Waals surface area contributed by atoms with Crippen LogP contribution in [0.3, 0.4) is 0 Å². The lowest BCUT2D eigenvalue weighted by atomic mass is 9.85. The van der Waals surface area contributed by atoms with Crippen molar-refractivity contribution >= 4 is 16.0 Å². The first-order valence-electron chi connectivity index (χ1n) is 9.46. The average Bonchev–Trinajstić information content (AvgIpc) is 2.91. The minimum atomic E-state index is -3.00. The maximum Gasteiger partial charge on any atom is 0.214 e. The lowest BCUT2D eigenvalue weighted by Gasteiger charge is -2.24. The Balaban J connectivity index is 1.64. The Morgan fingerprint density at radius 3 is 2.62 bits per heavy atom. The molecule has 0 aromatic carbocycles. The van der Waals surface area contributed by atoms with E-state index in [0.29, 0.717) is 25.7 Å². The smallest absolute Gasteiger partial charge is 0.214 e. The molecule has 140 valence electrons. The summed E-state index contributed by atoms with van der Waals surface area (Å²) in [5, 5.41) is 6.66. The maximum atomic E-state index is 11.8. The molecule has 1 atom stereocenters. The molecule has 0 radical (unpaired) electrons. The van der Waals surface area contributed by atoms with Crippen molar-refractivity contribution in [1.29, 1.82) is 0 Å². The summed E-state index contributed by atoms with van der Waals surface area (Å²) < 4.78 is 25.1. The molecule has 1 saturated carbocycles. The molecule has 0 bridgehead atoms. The predicted molar refractivity (Wildman–Crippen MR) is 99.7 cm³/mol. The third-order valence-electron chi connectivity index (χ3n) is 5.20. The molecule has 2 fully saturated rings. The van der Waals surface area contributed by atoms with E-state index in [1.165, 1.54) is 38.5 Å². The van der Waals surface area contributed by atoms with Gasteiger partial charge in [-0.15, -0.1) is 0 Å². The van der Waals surface area contributed by atoms with E-state index in [0.717, 1.165) is 24.7 Å². The van der Waals surface area contributed by atoms with Crippen LogP contribution in [-0.2, 0) is 10.0 Å². The molecule has 1 aliphatic heterocycles. The van der Waals surface area contributed by atoms with E-state index in [4.69, 9.17) is 0 Å². The Hall–Kier alpha value is -0.820. The van der Waals surface area contributed by atoms with Crippen molar-refractivity contribution in [3.8, 4) is 0 Å². The van der Waals surface area contributed by atoms with Gasteiger partial charge in [0.05, 0.1) is 5.75 Å². The van der Waals surface area contributed by atoms with Crippen molar-refractivity contribution in [1.82, 2.24) is 14.9 Å². The van der Waals surface area contributed by atoms with Crippen LogP contribution in [0.1, 0.15) is 58.3 Å². The highest BCUT2D eigenvalue weighted by Gasteiger charge is 2.27. The second-order valence-electron chi connectivity index (χ2n) is 7.19. The van der Waals surface area contributed by atoms with Crippen LogP contribution in [0.2, 0.25) is 0 Å². The predicted octanol–water partition coefficient (Wildman–Crippen LogP) is 1.94. The van der Waals surface area contributed by atoms with Gasteiger partial charge in [0.15, 0.2) is 5.96 Å². The van der Waals surface area contributed by atoms with E-state index in [-0.39, 0.29) is 5.75 Å². The first kappa shape index (κ1) is 19.5. The van der Waals surface area contributed by atoms with Gasteiger partial charge in [0, 0.05) is 32.7 Å². The molecule has 2 N–H and O–H groups in total. The Labute approximate surface area is 147 Å². The van der Waals surface area contributed by atoms with E-state index in [2.05, 4.69) is 22.5 Å². The van der Waals surface area contributed by atoms with Gasteiger partial charge in [-0.05, 0) is 32.1 Å². The Bertz CT molecular complexity index is 501. The third kappa shape index (κ3) is 6.24. The summed E-state index contributed by atoms with van der Waals surface area (Å²) in [7, 11) is -1.24. The van der Waals surface area contributed by atoms with Gasteiger partial charge in [-0.3, -0.25) is 4.99 Å². The molecule has 1 aliphatic carbocycles. The normalized spacial score (nSPS) is 24.0. The van der Waals surface area contributed by atoms with Crippen molar-refractivity contribution < 1.29 is 8.42 Å². The average molecular weight is 359 g/mol. The zero-order chi connectivity index (χ0) is 17.4. The van der Waals surface area contributed by atoms with Crippen molar-refractivity contribution in [2.45, 2.75) is 64.3 Å². The summed E-state index contributed by atoms with van der Waals surface area (Å²) in [6.45, 7) is 3.95. The molecule has 0 aromatic heterocycles. The summed E-state index contributed by atoms with van der Waals surface area (Å²) in [6, 6.07) is 0.383. The Morgan fingerprint density at radius 2 is 2.00 bits per heavy atom. The van der Waals surface area contributed by atoms with E-state index in [1.807, 2.05) is 0 Å². The number of rotatable bonds is 7. The zero-order valence-corrected chi connectivity index (χ0v) is 16.1. The summed E-state index contributed by atoms with van der Waals surface area (Å²) in [5.74, 6) is 1.96. The quantitative estimate of drug-likeness (QED) is 0.539. The van der Waals surface area contributed by atoms with Crippen LogP contribution < -0.4 is 10.6 Å². The summed E-state index contributed by atoms with van der Waals surface area (Å²) in [4.78, 5) is 4.25. The van der Waals surface area contributed by atoms with Gasteiger partial charge in [0.2, 0.25) is 10.0 Å². The van der Waals surface area contributed by atoms with Gasteiger partial charge in [-0.2, -0.15) is 0 Å². The number of hydrogen-bond donors (Lipinski definition) is 2. The fraction of sp³-hybridized carbons (Fsp3) is 0.941. The molecule has 24 heavy (non-hydrogen) atoms. The van der Waals surface area contributed by atoms with E-state index in [1.54, 1.807) is 11.4 Å². The van der Waals surface area contributed by atoms with Crippen LogP contribution in [0, 0.1) is 5.92 Å². The van der Waals surface area contributed by atoms with Crippen LogP contribution in [0.5, 0.6) is 0 Å². The summed E-state index contributed by atoms with van der Waals surface area (Å²) in [6.07, 6.45) is 10.2. The van der Waals surface area contributed by atoms with Crippen molar-refractivity contribution in [3.63, 3.8) is 0 Å². The molecule has 1 heterocycles. The number of sulfonamides is 1. The molecule has 6 nitrogen and oxygen atoms in total. The second-order valence-corrected chi connectivity index (χ2v) is 9.28. The zero-order valence-electron chi connectivity index (χ0n) is 15.3. The summed E-state index contributed by atoms with van der Waals surface area (Å²) in [5.41, 5.74) is 0.